The first-order chi connectivity index (χ1) is 14.7. The van der Waals surface area contributed by atoms with Crippen LogP contribution in [0.15, 0.2) is 14.4 Å². The summed E-state index contributed by atoms with van der Waals surface area (Å²) in [6.45, 7) is 8.20. The lowest BCUT2D eigenvalue weighted by molar-refractivity contribution is -0.149. The first kappa shape index (κ1) is 26.3. The van der Waals surface area contributed by atoms with E-state index in [1.165, 1.54) is 0 Å². The SMILES string of the molecule is [CH]CCCC(C)OC(=O)CCn1c(=O)[nH]c(=O)n(CCC(=O)OC(C)CCCO)c1=O. The van der Waals surface area contributed by atoms with E-state index in [0.717, 1.165) is 0 Å². The predicted octanol–water partition coefficient (Wildman–Crippen LogP) is -0.00421. The van der Waals surface area contributed by atoms with Crippen LogP contribution in [0, 0.1) is 6.92 Å². The lowest BCUT2D eigenvalue weighted by atomic mass is 10.2. The zero-order valence-electron chi connectivity index (χ0n) is 18.0. The molecule has 0 saturated heterocycles. The van der Waals surface area contributed by atoms with Crippen molar-refractivity contribution in [3.05, 3.63) is 38.4 Å². The molecule has 2 atom stereocenters. The molecule has 1 rings (SSSR count). The van der Waals surface area contributed by atoms with Crippen LogP contribution in [0.1, 0.15) is 58.8 Å². The van der Waals surface area contributed by atoms with Crippen LogP contribution < -0.4 is 17.1 Å². The fraction of sp³-hybridized carbons (Fsp3) is 0.700. The van der Waals surface area contributed by atoms with Crippen molar-refractivity contribution in [1.82, 2.24) is 14.1 Å². The van der Waals surface area contributed by atoms with E-state index >= 15 is 0 Å². The van der Waals surface area contributed by atoms with Gasteiger partial charge in [-0.1, -0.05) is 0 Å². The number of aromatic amines is 1. The van der Waals surface area contributed by atoms with Crippen molar-refractivity contribution in [2.45, 2.75) is 84.1 Å². The number of nitrogens with zero attached hydrogens (tertiary/aromatic N) is 2. The summed E-state index contributed by atoms with van der Waals surface area (Å²) >= 11 is 0. The Kier molecular flexibility index (Phi) is 11.5. The van der Waals surface area contributed by atoms with Gasteiger partial charge in [0, 0.05) is 19.7 Å². The zero-order valence-corrected chi connectivity index (χ0v) is 18.0. The number of H-pyrrole nitrogens is 1. The molecule has 1 aromatic heterocycles. The van der Waals surface area contributed by atoms with E-state index in [2.05, 4.69) is 0 Å². The molecule has 0 amide bonds. The van der Waals surface area contributed by atoms with Crippen molar-refractivity contribution < 1.29 is 24.2 Å². The number of carbonyl (C=O) groups is 2. The third-order valence-corrected chi connectivity index (χ3v) is 4.49. The van der Waals surface area contributed by atoms with Gasteiger partial charge in [-0.15, -0.1) is 0 Å². The van der Waals surface area contributed by atoms with Crippen molar-refractivity contribution in [2.75, 3.05) is 6.61 Å². The first-order valence-corrected chi connectivity index (χ1v) is 10.3. The number of hydrogen-bond acceptors (Lipinski definition) is 8. The lowest BCUT2D eigenvalue weighted by Gasteiger charge is -2.14. The normalized spacial score (nSPS) is 12.9. The molecule has 0 fully saturated rings. The van der Waals surface area contributed by atoms with Gasteiger partial charge < -0.3 is 14.6 Å². The second kappa shape index (κ2) is 13.6. The molecule has 174 valence electrons. The molecule has 2 N–H and O–H groups in total. The highest BCUT2D eigenvalue weighted by molar-refractivity contribution is 5.69. The number of aliphatic hydroxyl groups excluding tert-OH is 1. The number of esters is 2. The van der Waals surface area contributed by atoms with Crippen LogP contribution in [-0.4, -0.2) is 50.0 Å². The van der Waals surface area contributed by atoms with E-state index in [-0.39, 0.29) is 38.6 Å². The van der Waals surface area contributed by atoms with Crippen LogP contribution >= 0.6 is 0 Å². The summed E-state index contributed by atoms with van der Waals surface area (Å²) in [6.07, 6.45) is 1.48. The number of aliphatic hydroxyl groups is 1. The standard InChI is InChI=1S/C20H31N3O8/c1-4-5-7-14(2)30-16(25)9-11-22-18(27)21-19(28)23(20(22)29)12-10-17(26)31-15(3)8-6-13-24/h1,14-15,24H,4-13H2,2-3H3,(H,21,27,28). The smallest absolute Gasteiger partial charge is 0.336 e. The van der Waals surface area contributed by atoms with E-state index in [0.29, 0.717) is 41.2 Å². The molecule has 0 aliphatic carbocycles. The second-order valence-electron chi connectivity index (χ2n) is 7.22. The van der Waals surface area contributed by atoms with Gasteiger partial charge in [0.2, 0.25) is 0 Å². The molecule has 11 nitrogen and oxygen atoms in total. The Morgan fingerprint density at radius 3 is 1.81 bits per heavy atom. The molecule has 0 spiro atoms. The molecule has 1 heterocycles. The third kappa shape index (κ3) is 9.33. The quantitative estimate of drug-likeness (QED) is 0.383. The molecule has 2 unspecified atom stereocenters. The van der Waals surface area contributed by atoms with Crippen molar-refractivity contribution in [1.29, 1.82) is 0 Å². The number of aromatic nitrogens is 3. The van der Waals surface area contributed by atoms with E-state index in [1.54, 1.807) is 13.8 Å². The number of rotatable bonds is 14. The van der Waals surface area contributed by atoms with Crippen molar-refractivity contribution in [3.63, 3.8) is 0 Å². The summed E-state index contributed by atoms with van der Waals surface area (Å²) in [6, 6.07) is 0. The Morgan fingerprint density at radius 1 is 0.935 bits per heavy atom. The largest absolute Gasteiger partial charge is 0.463 e. The minimum atomic E-state index is -0.953. The second-order valence-corrected chi connectivity index (χ2v) is 7.22. The average molecular weight is 441 g/mol. The molecule has 31 heavy (non-hydrogen) atoms. The van der Waals surface area contributed by atoms with Crippen LogP contribution in [0.25, 0.3) is 0 Å². The maximum absolute atomic E-state index is 12.5. The molecule has 1 aromatic rings. The van der Waals surface area contributed by atoms with Gasteiger partial charge in [0.05, 0.1) is 25.0 Å². The fourth-order valence-corrected chi connectivity index (χ4v) is 2.81. The number of unbranched alkanes of at least 4 members (excludes halogenated alkanes) is 1. The Bertz CT molecular complexity index is 818. The topological polar surface area (TPSA) is 150 Å². The van der Waals surface area contributed by atoms with Crippen LogP contribution in [0.2, 0.25) is 0 Å². The molecule has 0 aliphatic heterocycles. The molecule has 0 bridgehead atoms. The van der Waals surface area contributed by atoms with Gasteiger partial charge in [0.15, 0.2) is 0 Å². The van der Waals surface area contributed by atoms with Crippen molar-refractivity contribution in [2.24, 2.45) is 0 Å². The molecule has 11 heteroatoms. The van der Waals surface area contributed by atoms with Crippen LogP contribution in [0.5, 0.6) is 0 Å². The Hall–Kier alpha value is -2.69. The number of nitrogens with one attached hydrogen (secondary N) is 1. The summed E-state index contributed by atoms with van der Waals surface area (Å²) in [5, 5.41) is 8.79. The number of hydrogen-bond donors (Lipinski definition) is 2. The summed E-state index contributed by atoms with van der Waals surface area (Å²) in [4.78, 5) is 62.3. The Morgan fingerprint density at radius 2 is 1.39 bits per heavy atom. The van der Waals surface area contributed by atoms with Gasteiger partial charge >= 0.3 is 29.0 Å². The number of ether oxygens (including phenoxy) is 2. The maximum Gasteiger partial charge on any atom is 0.336 e. The predicted molar refractivity (Wildman–Crippen MR) is 110 cm³/mol. The van der Waals surface area contributed by atoms with E-state index in [9.17, 15) is 24.0 Å². The molecular formula is C20H31N3O8. The van der Waals surface area contributed by atoms with Gasteiger partial charge in [-0.3, -0.25) is 14.6 Å². The van der Waals surface area contributed by atoms with Gasteiger partial charge in [0.25, 0.3) is 0 Å². The maximum atomic E-state index is 12.5. The minimum absolute atomic E-state index is 0.0195. The van der Waals surface area contributed by atoms with E-state index in [1.807, 2.05) is 4.98 Å². The molecule has 0 saturated carbocycles. The highest BCUT2D eigenvalue weighted by Crippen LogP contribution is 2.05. The van der Waals surface area contributed by atoms with Gasteiger partial charge in [0.1, 0.15) is 0 Å². The summed E-state index contributed by atoms with van der Waals surface area (Å²) < 4.78 is 11.7. The molecule has 0 aromatic carbocycles. The van der Waals surface area contributed by atoms with Crippen LogP contribution in [-0.2, 0) is 32.2 Å². The van der Waals surface area contributed by atoms with Crippen molar-refractivity contribution in [3.8, 4) is 0 Å². The highest BCUT2D eigenvalue weighted by atomic mass is 16.5. The van der Waals surface area contributed by atoms with Crippen molar-refractivity contribution >= 4 is 11.9 Å². The minimum Gasteiger partial charge on any atom is -0.463 e. The average Bonchev–Trinajstić information content (AvgIpc) is 2.70. The van der Waals surface area contributed by atoms with Gasteiger partial charge in [-0.25, -0.2) is 23.5 Å². The highest BCUT2D eigenvalue weighted by Gasteiger charge is 2.16. The van der Waals surface area contributed by atoms with Crippen LogP contribution in [0.3, 0.4) is 0 Å². The Balaban J connectivity index is 2.75. The van der Waals surface area contributed by atoms with Gasteiger partial charge in [-0.05, 0) is 52.9 Å². The van der Waals surface area contributed by atoms with Crippen LogP contribution in [0.4, 0.5) is 0 Å². The summed E-state index contributed by atoms with van der Waals surface area (Å²) in [7, 11) is 0. The van der Waals surface area contributed by atoms with E-state index < -0.39 is 35.1 Å². The molecular weight excluding hydrogens is 410 g/mol. The zero-order chi connectivity index (χ0) is 23.4. The number of carbonyl (C=O) groups excluding carboxylic acids is 2. The lowest BCUT2D eigenvalue weighted by Crippen LogP contribution is -2.50. The molecule has 2 radical (unpaired) electrons. The van der Waals surface area contributed by atoms with E-state index in [4.69, 9.17) is 21.5 Å². The first-order valence-electron chi connectivity index (χ1n) is 10.3. The fourth-order valence-electron chi connectivity index (χ4n) is 2.81. The summed E-state index contributed by atoms with van der Waals surface area (Å²) in [5.74, 6) is -1.21. The Labute approximate surface area is 180 Å². The molecule has 0 aliphatic rings. The monoisotopic (exact) mass is 441 g/mol. The summed E-state index contributed by atoms with van der Waals surface area (Å²) in [5.41, 5.74) is -2.83. The van der Waals surface area contributed by atoms with Gasteiger partial charge in [-0.2, -0.15) is 0 Å². The third-order valence-electron chi connectivity index (χ3n) is 4.49.